The topological polar surface area (TPSA) is 66.4 Å². The van der Waals surface area contributed by atoms with Crippen molar-refractivity contribution in [2.24, 2.45) is 0 Å². The molecule has 2 N–H and O–H groups in total. The van der Waals surface area contributed by atoms with Crippen molar-refractivity contribution in [1.82, 2.24) is 0 Å². The molecule has 0 bridgehead atoms. The predicted octanol–water partition coefficient (Wildman–Crippen LogP) is 3.29. The number of benzene rings is 1. The highest BCUT2D eigenvalue weighted by Crippen LogP contribution is 2.27. The Labute approximate surface area is 116 Å². The Morgan fingerprint density at radius 1 is 1.20 bits per heavy atom. The maximum absolute atomic E-state index is 13.0. The third-order valence-corrected chi connectivity index (χ3v) is 3.67. The molecule has 0 saturated carbocycles. The lowest BCUT2D eigenvalue weighted by atomic mass is 10.2. The Morgan fingerprint density at radius 3 is 2.45 bits per heavy atom. The van der Waals surface area contributed by atoms with Crippen LogP contribution in [-0.2, 0) is 0 Å². The van der Waals surface area contributed by atoms with Gasteiger partial charge < -0.3 is 10.4 Å². The number of hydrogen-bond donors (Lipinski definition) is 2. The minimum Gasteiger partial charge on any atom is -0.477 e. The van der Waals surface area contributed by atoms with Crippen LogP contribution in [0, 0.1) is 18.6 Å². The first kappa shape index (κ1) is 14.1. The van der Waals surface area contributed by atoms with E-state index in [1.165, 1.54) is 6.07 Å². The van der Waals surface area contributed by atoms with Gasteiger partial charge >= 0.3 is 5.97 Å². The molecular weight excluding hydrogens is 288 g/mol. The van der Waals surface area contributed by atoms with Gasteiger partial charge in [0.15, 0.2) is 11.6 Å². The van der Waals surface area contributed by atoms with E-state index < -0.39 is 23.5 Å². The van der Waals surface area contributed by atoms with E-state index in [1.807, 2.05) is 0 Å². The molecule has 1 amide bonds. The average molecular weight is 297 g/mol. The van der Waals surface area contributed by atoms with Gasteiger partial charge in [-0.25, -0.2) is 13.6 Å². The first-order valence-corrected chi connectivity index (χ1v) is 6.30. The van der Waals surface area contributed by atoms with Gasteiger partial charge in [-0.05, 0) is 36.8 Å². The van der Waals surface area contributed by atoms with Crippen molar-refractivity contribution in [3.8, 4) is 0 Å². The number of amides is 1. The summed E-state index contributed by atoms with van der Waals surface area (Å²) in [5.41, 5.74) is 0.468. The van der Waals surface area contributed by atoms with Crippen LogP contribution >= 0.6 is 11.3 Å². The smallest absolute Gasteiger partial charge is 0.346 e. The molecule has 2 aromatic rings. The van der Waals surface area contributed by atoms with Crippen molar-refractivity contribution < 1.29 is 23.5 Å². The number of anilines is 1. The minimum atomic E-state index is -1.12. The number of nitrogens with one attached hydrogen (secondary N) is 1. The van der Waals surface area contributed by atoms with E-state index >= 15 is 0 Å². The number of aromatic carboxylic acids is 1. The van der Waals surface area contributed by atoms with Crippen LogP contribution in [0.5, 0.6) is 0 Å². The monoisotopic (exact) mass is 297 g/mol. The Kier molecular flexibility index (Phi) is 3.80. The molecule has 7 heteroatoms. The third-order valence-electron chi connectivity index (χ3n) is 2.53. The highest BCUT2D eigenvalue weighted by molar-refractivity contribution is 7.18. The average Bonchev–Trinajstić information content (AvgIpc) is 2.73. The van der Waals surface area contributed by atoms with Crippen molar-refractivity contribution >= 4 is 28.2 Å². The van der Waals surface area contributed by atoms with Gasteiger partial charge in [0.05, 0.1) is 5.00 Å². The van der Waals surface area contributed by atoms with E-state index in [4.69, 9.17) is 5.11 Å². The predicted molar refractivity (Wildman–Crippen MR) is 70.3 cm³/mol. The number of aryl methyl sites for hydroxylation is 1. The number of rotatable bonds is 3. The lowest BCUT2D eigenvalue weighted by molar-refractivity contribution is 0.0701. The van der Waals surface area contributed by atoms with Crippen molar-refractivity contribution in [1.29, 1.82) is 0 Å². The summed E-state index contributed by atoms with van der Waals surface area (Å²) in [5, 5.41) is 11.7. The van der Waals surface area contributed by atoms with Crippen LogP contribution in [0.3, 0.4) is 0 Å². The Morgan fingerprint density at radius 2 is 1.90 bits per heavy atom. The summed E-state index contributed by atoms with van der Waals surface area (Å²) in [4.78, 5) is 22.8. The molecular formula is C13H9F2NO3S. The zero-order chi connectivity index (χ0) is 14.9. The van der Waals surface area contributed by atoms with E-state index in [-0.39, 0.29) is 10.4 Å². The van der Waals surface area contributed by atoms with Gasteiger partial charge in [-0.15, -0.1) is 11.3 Å². The molecule has 0 radical (unpaired) electrons. The van der Waals surface area contributed by atoms with Gasteiger partial charge in [-0.1, -0.05) is 0 Å². The van der Waals surface area contributed by atoms with E-state index in [0.717, 1.165) is 29.5 Å². The SMILES string of the molecule is Cc1cc(NC(=O)c2ccc(F)c(F)c2)sc1C(=O)O. The molecule has 20 heavy (non-hydrogen) atoms. The molecule has 0 atom stereocenters. The number of thiophene rings is 1. The van der Waals surface area contributed by atoms with Crippen LogP contribution in [0.15, 0.2) is 24.3 Å². The van der Waals surface area contributed by atoms with E-state index in [0.29, 0.717) is 10.6 Å². The second-order valence-corrected chi connectivity index (χ2v) is 5.06. The Hall–Kier alpha value is -2.28. The number of carbonyl (C=O) groups excluding carboxylic acids is 1. The third kappa shape index (κ3) is 2.83. The molecule has 1 aromatic carbocycles. The second kappa shape index (κ2) is 5.38. The molecule has 1 aromatic heterocycles. The summed E-state index contributed by atoms with van der Waals surface area (Å²) >= 11 is 0.899. The summed E-state index contributed by atoms with van der Waals surface area (Å²) < 4.78 is 25.8. The molecule has 0 saturated heterocycles. The first-order valence-electron chi connectivity index (χ1n) is 5.48. The molecule has 0 aliphatic heterocycles. The van der Waals surface area contributed by atoms with Crippen LogP contribution in [0.25, 0.3) is 0 Å². The molecule has 0 aliphatic rings. The molecule has 2 rings (SSSR count). The second-order valence-electron chi connectivity index (χ2n) is 4.01. The van der Waals surface area contributed by atoms with Crippen molar-refractivity contribution in [3.63, 3.8) is 0 Å². The Balaban J connectivity index is 2.21. The van der Waals surface area contributed by atoms with Crippen LogP contribution < -0.4 is 5.32 Å². The van der Waals surface area contributed by atoms with E-state index in [9.17, 15) is 18.4 Å². The normalized spacial score (nSPS) is 10.3. The number of hydrogen-bond acceptors (Lipinski definition) is 3. The molecule has 1 heterocycles. The van der Waals surface area contributed by atoms with Gasteiger partial charge in [0.2, 0.25) is 0 Å². The fraction of sp³-hybridized carbons (Fsp3) is 0.0769. The molecule has 4 nitrogen and oxygen atoms in total. The summed E-state index contributed by atoms with van der Waals surface area (Å²) in [6.45, 7) is 1.60. The van der Waals surface area contributed by atoms with Gasteiger partial charge in [-0.3, -0.25) is 4.79 Å². The molecule has 104 valence electrons. The molecule has 0 unspecified atom stereocenters. The zero-order valence-corrected chi connectivity index (χ0v) is 11.1. The lowest BCUT2D eigenvalue weighted by Gasteiger charge is -2.02. The van der Waals surface area contributed by atoms with Gasteiger partial charge in [0.1, 0.15) is 4.88 Å². The van der Waals surface area contributed by atoms with Crippen molar-refractivity contribution in [2.75, 3.05) is 5.32 Å². The summed E-state index contributed by atoms with van der Waals surface area (Å²) in [7, 11) is 0. The van der Waals surface area contributed by atoms with Gasteiger partial charge in [-0.2, -0.15) is 0 Å². The molecule has 0 fully saturated rings. The maximum atomic E-state index is 13.0. The minimum absolute atomic E-state index is 0.0492. The highest BCUT2D eigenvalue weighted by atomic mass is 32.1. The molecule has 0 aliphatic carbocycles. The molecule has 0 spiro atoms. The van der Waals surface area contributed by atoms with Gasteiger partial charge in [0.25, 0.3) is 5.91 Å². The van der Waals surface area contributed by atoms with Crippen molar-refractivity contribution in [2.45, 2.75) is 6.92 Å². The number of carboxylic acid groups (broad SMARTS) is 1. The van der Waals surface area contributed by atoms with Crippen LogP contribution in [0.1, 0.15) is 25.6 Å². The van der Waals surface area contributed by atoms with Gasteiger partial charge in [0, 0.05) is 5.56 Å². The number of carboxylic acids is 1. The lowest BCUT2D eigenvalue weighted by Crippen LogP contribution is -2.11. The fourth-order valence-corrected chi connectivity index (χ4v) is 2.48. The largest absolute Gasteiger partial charge is 0.477 e. The standard InChI is InChI=1S/C13H9F2NO3S/c1-6-4-10(20-11(6)13(18)19)16-12(17)7-2-3-8(14)9(15)5-7/h2-5H,1H3,(H,16,17)(H,18,19). The van der Waals surface area contributed by atoms with E-state index in [2.05, 4.69) is 5.32 Å². The summed E-state index contributed by atoms with van der Waals surface area (Å²) in [6, 6.07) is 4.29. The van der Waals surface area contributed by atoms with Crippen molar-refractivity contribution in [3.05, 3.63) is 51.9 Å². The first-order chi connectivity index (χ1) is 9.38. The highest BCUT2D eigenvalue weighted by Gasteiger charge is 2.15. The van der Waals surface area contributed by atoms with E-state index in [1.54, 1.807) is 6.92 Å². The zero-order valence-electron chi connectivity index (χ0n) is 10.2. The number of carbonyl (C=O) groups is 2. The Bertz CT molecular complexity index is 697. The quantitative estimate of drug-likeness (QED) is 0.913. The number of halogens is 2. The summed E-state index contributed by atoms with van der Waals surface area (Å²) in [6.07, 6.45) is 0. The maximum Gasteiger partial charge on any atom is 0.346 e. The fourth-order valence-electron chi connectivity index (χ4n) is 1.58. The van der Waals surface area contributed by atoms with Crippen LogP contribution in [0.4, 0.5) is 13.8 Å². The van der Waals surface area contributed by atoms with Crippen LogP contribution in [-0.4, -0.2) is 17.0 Å². The summed E-state index contributed by atoms with van der Waals surface area (Å²) in [5.74, 6) is -3.88. The van der Waals surface area contributed by atoms with Crippen LogP contribution in [0.2, 0.25) is 0 Å².